The predicted octanol–water partition coefficient (Wildman–Crippen LogP) is 5.76. The van der Waals surface area contributed by atoms with Crippen molar-refractivity contribution in [2.45, 2.75) is 25.7 Å². The number of unbranched alkanes of at least 4 members (excludes halogenated alkanes) is 1. The van der Waals surface area contributed by atoms with Gasteiger partial charge in [0.1, 0.15) is 0 Å². The molecule has 1 heterocycles. The second kappa shape index (κ2) is 10.9. The van der Waals surface area contributed by atoms with E-state index in [-0.39, 0.29) is 18.2 Å². The molecule has 2 aromatic rings. The van der Waals surface area contributed by atoms with Gasteiger partial charge in [-0.25, -0.2) is 0 Å². The van der Waals surface area contributed by atoms with E-state index in [1.54, 1.807) is 32.3 Å². The Morgan fingerprint density at radius 2 is 1.71 bits per heavy atom. The number of fused-ring (bicyclic) bond motifs is 1. The van der Waals surface area contributed by atoms with Crippen molar-refractivity contribution >= 4 is 52.1 Å². The Hall–Kier alpha value is -1.48. The molecule has 0 amide bonds. The van der Waals surface area contributed by atoms with Crippen molar-refractivity contribution in [2.24, 2.45) is 0 Å². The molecule has 0 bridgehead atoms. The molecule has 0 atom stereocenters. The van der Waals surface area contributed by atoms with Crippen LogP contribution in [0.3, 0.4) is 0 Å². The number of likely N-dealkylation sites (N-methyl/N-ethyl adjacent to an activating group) is 1. The van der Waals surface area contributed by atoms with Gasteiger partial charge in [-0.2, -0.15) is 0 Å². The van der Waals surface area contributed by atoms with E-state index in [1.165, 1.54) is 8.61 Å². The topological polar surface area (TPSA) is 67.2 Å². The Morgan fingerprint density at radius 1 is 1.03 bits per heavy atom. The third-order valence-corrected chi connectivity index (χ3v) is 7.86. The minimum atomic E-state index is -3.02. The van der Waals surface area contributed by atoms with Crippen molar-refractivity contribution in [2.75, 3.05) is 42.8 Å². The van der Waals surface area contributed by atoms with Crippen LogP contribution >= 0.6 is 35.0 Å². The molecule has 0 aliphatic carbocycles. The van der Waals surface area contributed by atoms with E-state index in [0.29, 0.717) is 23.4 Å². The first-order valence-electron chi connectivity index (χ1n) is 10.1. The Labute approximate surface area is 197 Å². The van der Waals surface area contributed by atoms with Crippen molar-refractivity contribution < 1.29 is 13.9 Å². The molecule has 0 saturated heterocycles. The second-order valence-electron chi connectivity index (χ2n) is 7.71. The summed E-state index contributed by atoms with van der Waals surface area (Å²) in [7, 11) is 2.33. The van der Waals surface area contributed by atoms with Gasteiger partial charge in [-0.1, -0.05) is 29.8 Å². The maximum Gasteiger partial charge on any atom is 0.162 e. The van der Waals surface area contributed by atoms with Gasteiger partial charge < -0.3 is 4.90 Å². The molecule has 6 nitrogen and oxygen atoms in total. The Morgan fingerprint density at radius 3 is 2.42 bits per heavy atom. The monoisotopic (exact) mass is 487 g/mol. The highest BCUT2D eigenvalue weighted by molar-refractivity contribution is 8.26. The van der Waals surface area contributed by atoms with Crippen molar-refractivity contribution in [3.05, 3.63) is 58.6 Å². The first kappa shape index (κ1) is 25.8. The lowest BCUT2D eigenvalue weighted by molar-refractivity contribution is 0.0978. The van der Waals surface area contributed by atoms with Crippen LogP contribution < -0.4 is 8.61 Å². The number of carbonyl (C=O) groups excluding carboxylic acids is 1. The van der Waals surface area contributed by atoms with Crippen molar-refractivity contribution in [3.63, 3.8) is 0 Å². The molecular formula is C22H31Cl2N3O3S. The first-order chi connectivity index (χ1) is 14.2. The number of carbonyl (C=O) groups is 1. The number of hydrogen-bond acceptors (Lipinski definition) is 6. The standard InChI is InChI=1S/C22H30ClN3O3S.ClH/c1-24(15-13-17-8-4-5-9-19(17)23)14-7-6-10-22(27)18-11-12-20-21(16-18)26(3)30(28,29)25(20)2;/h4-5,8-9,11-12,16,28-29H,6-7,10,13-15H2,1-3H3;1H. The van der Waals surface area contributed by atoms with E-state index in [0.717, 1.165) is 42.9 Å². The zero-order valence-corrected chi connectivity index (χ0v) is 20.5. The second-order valence-corrected chi connectivity index (χ2v) is 10.2. The van der Waals surface area contributed by atoms with Crippen LogP contribution in [0.5, 0.6) is 0 Å². The van der Waals surface area contributed by atoms with Gasteiger partial charge in [-0.3, -0.25) is 22.5 Å². The Balaban J connectivity index is 0.00000341. The van der Waals surface area contributed by atoms with Gasteiger partial charge in [0.2, 0.25) is 0 Å². The largest absolute Gasteiger partial charge is 0.306 e. The van der Waals surface area contributed by atoms with Crippen LogP contribution in [-0.2, 0) is 6.42 Å². The smallest absolute Gasteiger partial charge is 0.162 e. The zero-order valence-electron chi connectivity index (χ0n) is 18.1. The van der Waals surface area contributed by atoms with Crippen LogP contribution in [0.4, 0.5) is 11.4 Å². The third-order valence-electron chi connectivity index (χ3n) is 5.63. The van der Waals surface area contributed by atoms with Gasteiger partial charge >= 0.3 is 0 Å². The van der Waals surface area contributed by atoms with E-state index in [1.807, 2.05) is 18.2 Å². The average molecular weight is 488 g/mol. The summed E-state index contributed by atoms with van der Waals surface area (Å²) in [5.41, 5.74) is 3.15. The highest BCUT2D eigenvalue weighted by atomic mass is 35.5. The van der Waals surface area contributed by atoms with Crippen LogP contribution in [0.25, 0.3) is 0 Å². The Kier molecular flexibility index (Phi) is 9.06. The lowest BCUT2D eigenvalue weighted by Crippen LogP contribution is -2.28. The van der Waals surface area contributed by atoms with Crippen molar-refractivity contribution in [1.82, 2.24) is 4.90 Å². The van der Waals surface area contributed by atoms with Crippen molar-refractivity contribution in [1.29, 1.82) is 0 Å². The fourth-order valence-electron chi connectivity index (χ4n) is 3.60. The molecule has 0 unspecified atom stereocenters. The van der Waals surface area contributed by atoms with Gasteiger partial charge in [0.05, 0.1) is 11.4 Å². The zero-order chi connectivity index (χ0) is 21.9. The summed E-state index contributed by atoms with van der Waals surface area (Å²) in [6, 6.07) is 13.2. The fraction of sp³-hybridized carbons (Fsp3) is 0.409. The summed E-state index contributed by atoms with van der Waals surface area (Å²) >= 11 is 6.21. The highest BCUT2D eigenvalue weighted by Crippen LogP contribution is 2.59. The summed E-state index contributed by atoms with van der Waals surface area (Å²) in [5.74, 6) is 0.0796. The molecule has 9 heteroatoms. The van der Waals surface area contributed by atoms with Crippen LogP contribution in [0.15, 0.2) is 42.5 Å². The maximum atomic E-state index is 12.6. The van der Waals surface area contributed by atoms with Gasteiger partial charge in [0, 0.05) is 37.6 Å². The molecule has 31 heavy (non-hydrogen) atoms. The molecule has 2 aromatic carbocycles. The molecule has 2 N–H and O–H groups in total. The summed E-state index contributed by atoms with van der Waals surface area (Å²) in [5, 5.41) is 0.809. The molecule has 0 spiro atoms. The van der Waals surface area contributed by atoms with Gasteiger partial charge in [0.15, 0.2) is 5.78 Å². The summed E-state index contributed by atoms with van der Waals surface area (Å²) < 4.78 is 23.4. The minimum Gasteiger partial charge on any atom is -0.306 e. The fourth-order valence-corrected chi connectivity index (χ4v) is 5.02. The van der Waals surface area contributed by atoms with Gasteiger partial charge in [-0.15, -0.1) is 12.4 Å². The van der Waals surface area contributed by atoms with E-state index >= 15 is 0 Å². The molecule has 1 aliphatic heterocycles. The molecule has 1 aliphatic rings. The summed E-state index contributed by atoms with van der Waals surface area (Å²) in [6.07, 6.45) is 3.15. The average Bonchev–Trinajstić information content (AvgIpc) is 2.90. The third kappa shape index (κ3) is 5.86. The van der Waals surface area contributed by atoms with Gasteiger partial charge in [-0.05, 0) is 73.6 Å². The van der Waals surface area contributed by atoms with E-state index in [4.69, 9.17) is 11.6 Å². The number of anilines is 2. The quantitative estimate of drug-likeness (QED) is 0.346. The number of rotatable bonds is 9. The predicted molar refractivity (Wildman–Crippen MR) is 134 cm³/mol. The van der Waals surface area contributed by atoms with Crippen LogP contribution in [0.2, 0.25) is 5.02 Å². The molecule has 172 valence electrons. The van der Waals surface area contributed by atoms with Crippen LogP contribution in [0.1, 0.15) is 35.2 Å². The van der Waals surface area contributed by atoms with Gasteiger partial charge in [0.25, 0.3) is 0 Å². The molecule has 0 saturated carbocycles. The number of hydrogen-bond donors (Lipinski definition) is 2. The minimum absolute atomic E-state index is 0. The number of halogens is 2. The first-order valence-corrected chi connectivity index (χ1v) is 11.9. The molecule has 3 rings (SSSR count). The lowest BCUT2D eigenvalue weighted by atomic mass is 10.0. The number of ketones is 1. The van der Waals surface area contributed by atoms with Crippen LogP contribution in [-0.4, -0.2) is 54.0 Å². The van der Waals surface area contributed by atoms with Crippen LogP contribution in [0, 0.1) is 0 Å². The number of benzene rings is 2. The van der Waals surface area contributed by atoms with E-state index in [2.05, 4.69) is 18.0 Å². The summed E-state index contributed by atoms with van der Waals surface area (Å²) in [6.45, 7) is 1.85. The normalized spacial score (nSPS) is 15.6. The summed E-state index contributed by atoms with van der Waals surface area (Å²) in [4.78, 5) is 14.9. The highest BCUT2D eigenvalue weighted by Gasteiger charge is 2.36. The molecule has 0 radical (unpaired) electrons. The van der Waals surface area contributed by atoms with E-state index in [9.17, 15) is 13.9 Å². The maximum absolute atomic E-state index is 12.6. The molecule has 0 aromatic heterocycles. The molecular weight excluding hydrogens is 457 g/mol. The SMILES string of the molecule is CN(CCCCC(=O)c1ccc2c(c1)N(C)S(O)(O)N2C)CCc1ccccc1Cl.Cl. The van der Waals surface area contributed by atoms with Crippen molar-refractivity contribution in [3.8, 4) is 0 Å². The van der Waals surface area contributed by atoms with E-state index < -0.39 is 11.0 Å². The molecule has 0 fully saturated rings. The lowest BCUT2D eigenvalue weighted by Gasteiger charge is -2.40. The Bertz CT molecular complexity index is 913. The number of Topliss-reactive ketones (excluding diaryl/α,β-unsaturated/α-hetero) is 1. The number of nitrogens with zero attached hydrogens (tertiary/aromatic N) is 3.